The first-order valence-corrected chi connectivity index (χ1v) is 11.4. The lowest BCUT2D eigenvalue weighted by molar-refractivity contribution is -0.384. The van der Waals surface area contributed by atoms with E-state index in [1.54, 1.807) is 30.3 Å². The van der Waals surface area contributed by atoms with Crippen LogP contribution in [0.1, 0.15) is 11.1 Å². The standard InChI is InChI=1S/C24H16BrCl2N3O5/c1-34-22-10-15(7-16(12-28)24(31)29-17-5-6-20(26)21(27)11-17)9-19(25)23(22)35-13-14-3-2-4-18(8-14)30(32)33/h2-11H,13H2,1H3,(H,29,31)/b16-7+. The summed E-state index contributed by atoms with van der Waals surface area (Å²) in [6.45, 7) is 0.0569. The summed E-state index contributed by atoms with van der Waals surface area (Å²) in [7, 11) is 1.44. The van der Waals surface area contributed by atoms with E-state index in [9.17, 15) is 20.2 Å². The maximum Gasteiger partial charge on any atom is 0.269 e. The predicted octanol–water partition coefficient (Wildman–Crippen LogP) is 6.80. The minimum atomic E-state index is -0.632. The number of anilines is 1. The summed E-state index contributed by atoms with van der Waals surface area (Å²) < 4.78 is 11.7. The number of nitro groups is 1. The van der Waals surface area contributed by atoms with Crippen LogP contribution in [0.15, 0.2) is 64.6 Å². The monoisotopic (exact) mass is 575 g/mol. The van der Waals surface area contributed by atoms with Crippen LogP contribution in [0.3, 0.4) is 0 Å². The summed E-state index contributed by atoms with van der Waals surface area (Å²) in [5, 5.41) is 23.7. The van der Waals surface area contributed by atoms with Crippen LogP contribution in [0.4, 0.5) is 11.4 Å². The van der Waals surface area contributed by atoms with Gasteiger partial charge in [-0.05, 0) is 63.5 Å². The lowest BCUT2D eigenvalue weighted by atomic mass is 10.1. The molecule has 3 aromatic carbocycles. The van der Waals surface area contributed by atoms with Crippen LogP contribution in [-0.4, -0.2) is 17.9 Å². The number of nitriles is 1. The van der Waals surface area contributed by atoms with E-state index in [-0.39, 0.29) is 22.9 Å². The fourth-order valence-corrected chi connectivity index (χ4v) is 3.84. The molecule has 8 nitrogen and oxygen atoms in total. The fourth-order valence-electron chi connectivity index (χ4n) is 2.97. The number of nitro benzene ring substituents is 1. The zero-order valence-electron chi connectivity index (χ0n) is 18.1. The number of carbonyl (C=O) groups is 1. The number of hydrogen-bond acceptors (Lipinski definition) is 6. The van der Waals surface area contributed by atoms with Gasteiger partial charge in [-0.25, -0.2) is 0 Å². The highest BCUT2D eigenvalue weighted by Crippen LogP contribution is 2.38. The van der Waals surface area contributed by atoms with Gasteiger partial charge in [0.1, 0.15) is 18.2 Å². The third kappa shape index (κ3) is 6.73. The molecule has 0 atom stereocenters. The van der Waals surface area contributed by atoms with Gasteiger partial charge >= 0.3 is 0 Å². The van der Waals surface area contributed by atoms with Crippen molar-refractivity contribution in [1.82, 2.24) is 0 Å². The average Bonchev–Trinajstić information content (AvgIpc) is 2.83. The summed E-state index contributed by atoms with van der Waals surface area (Å²) in [5.74, 6) is 0.0557. The zero-order chi connectivity index (χ0) is 25.5. The Morgan fingerprint density at radius 1 is 1.20 bits per heavy atom. The number of ether oxygens (including phenoxy) is 2. The molecule has 0 aliphatic carbocycles. The van der Waals surface area contributed by atoms with E-state index in [1.165, 1.54) is 37.5 Å². The van der Waals surface area contributed by atoms with Gasteiger partial charge < -0.3 is 14.8 Å². The molecule has 1 N–H and O–H groups in total. The third-order valence-electron chi connectivity index (χ3n) is 4.61. The molecular formula is C24H16BrCl2N3O5. The van der Waals surface area contributed by atoms with Crippen molar-refractivity contribution in [2.75, 3.05) is 12.4 Å². The number of benzene rings is 3. The summed E-state index contributed by atoms with van der Waals surface area (Å²) in [5.41, 5.74) is 1.28. The zero-order valence-corrected chi connectivity index (χ0v) is 21.1. The Kier molecular flexibility index (Phi) is 8.71. The number of rotatable bonds is 8. The summed E-state index contributed by atoms with van der Waals surface area (Å²) in [4.78, 5) is 23.1. The number of methoxy groups -OCH3 is 1. The van der Waals surface area contributed by atoms with Gasteiger partial charge in [-0.3, -0.25) is 14.9 Å². The van der Waals surface area contributed by atoms with Gasteiger partial charge in [0, 0.05) is 17.8 Å². The van der Waals surface area contributed by atoms with Crippen molar-refractivity contribution < 1.29 is 19.2 Å². The maximum absolute atomic E-state index is 12.6. The minimum absolute atomic E-state index is 0.0409. The van der Waals surface area contributed by atoms with Crippen molar-refractivity contribution in [2.45, 2.75) is 6.61 Å². The van der Waals surface area contributed by atoms with Gasteiger partial charge in [-0.2, -0.15) is 5.26 Å². The number of nitrogens with one attached hydrogen (secondary N) is 1. The van der Waals surface area contributed by atoms with E-state index in [4.69, 9.17) is 32.7 Å². The Morgan fingerprint density at radius 3 is 2.63 bits per heavy atom. The van der Waals surface area contributed by atoms with Crippen molar-refractivity contribution in [3.05, 3.63) is 95.9 Å². The molecule has 3 aromatic rings. The number of amides is 1. The van der Waals surface area contributed by atoms with Gasteiger partial charge in [0.25, 0.3) is 11.6 Å². The van der Waals surface area contributed by atoms with Gasteiger partial charge in [-0.15, -0.1) is 0 Å². The first-order chi connectivity index (χ1) is 16.7. The van der Waals surface area contributed by atoms with E-state index >= 15 is 0 Å². The molecule has 0 heterocycles. The van der Waals surface area contributed by atoms with Crippen LogP contribution in [-0.2, 0) is 11.4 Å². The quantitative estimate of drug-likeness (QED) is 0.136. The summed E-state index contributed by atoms with van der Waals surface area (Å²) in [6, 6.07) is 15.8. The van der Waals surface area contributed by atoms with E-state index < -0.39 is 10.8 Å². The first-order valence-electron chi connectivity index (χ1n) is 9.83. The lowest BCUT2D eigenvalue weighted by Crippen LogP contribution is -2.13. The van der Waals surface area contributed by atoms with Gasteiger partial charge in [-0.1, -0.05) is 35.3 Å². The summed E-state index contributed by atoms with van der Waals surface area (Å²) >= 11 is 15.3. The first kappa shape index (κ1) is 26.0. The highest BCUT2D eigenvalue weighted by molar-refractivity contribution is 9.10. The Balaban J connectivity index is 1.82. The van der Waals surface area contributed by atoms with Crippen LogP contribution in [0, 0.1) is 21.4 Å². The van der Waals surface area contributed by atoms with Crippen LogP contribution >= 0.6 is 39.1 Å². The topological polar surface area (TPSA) is 114 Å². The number of halogens is 3. The fraction of sp³-hybridized carbons (Fsp3) is 0.0833. The maximum atomic E-state index is 12.6. The molecule has 11 heteroatoms. The third-order valence-corrected chi connectivity index (χ3v) is 5.94. The second-order valence-electron chi connectivity index (χ2n) is 7.00. The smallest absolute Gasteiger partial charge is 0.269 e. The minimum Gasteiger partial charge on any atom is -0.493 e. The van der Waals surface area contributed by atoms with E-state index in [2.05, 4.69) is 21.2 Å². The van der Waals surface area contributed by atoms with E-state index in [1.807, 2.05) is 6.07 Å². The molecule has 0 bridgehead atoms. The van der Waals surface area contributed by atoms with Crippen LogP contribution in [0.5, 0.6) is 11.5 Å². The van der Waals surface area contributed by atoms with E-state index in [0.717, 1.165) is 0 Å². The predicted molar refractivity (Wildman–Crippen MR) is 137 cm³/mol. The molecule has 0 saturated carbocycles. The van der Waals surface area contributed by atoms with Crippen LogP contribution in [0.25, 0.3) is 6.08 Å². The molecule has 35 heavy (non-hydrogen) atoms. The van der Waals surface area contributed by atoms with Crippen LogP contribution in [0.2, 0.25) is 10.0 Å². The Labute approximate surface area is 219 Å². The van der Waals surface area contributed by atoms with Gasteiger partial charge in [0.05, 0.1) is 26.6 Å². The molecule has 0 aliphatic rings. The molecule has 0 unspecified atom stereocenters. The second-order valence-corrected chi connectivity index (χ2v) is 8.67. The molecule has 0 aliphatic heterocycles. The van der Waals surface area contributed by atoms with E-state index in [0.29, 0.717) is 37.8 Å². The number of non-ortho nitro benzene ring substituents is 1. The lowest BCUT2D eigenvalue weighted by Gasteiger charge is -2.14. The molecule has 3 rings (SSSR count). The molecule has 0 saturated heterocycles. The normalized spacial score (nSPS) is 10.9. The average molecular weight is 577 g/mol. The van der Waals surface area contributed by atoms with Crippen molar-refractivity contribution in [3.8, 4) is 17.6 Å². The second kappa shape index (κ2) is 11.7. The molecular weight excluding hydrogens is 561 g/mol. The van der Waals surface area contributed by atoms with Crippen molar-refractivity contribution in [3.63, 3.8) is 0 Å². The van der Waals surface area contributed by atoms with Crippen LogP contribution < -0.4 is 14.8 Å². The molecule has 178 valence electrons. The SMILES string of the molecule is COc1cc(/C=C(\C#N)C(=O)Nc2ccc(Cl)c(Cl)c2)cc(Br)c1OCc1cccc([N+](=O)[O-])c1. The molecule has 0 spiro atoms. The highest BCUT2D eigenvalue weighted by atomic mass is 79.9. The number of hydrogen-bond donors (Lipinski definition) is 1. The van der Waals surface area contributed by atoms with Gasteiger partial charge in [0.15, 0.2) is 11.5 Å². The molecule has 0 aromatic heterocycles. The Hall–Kier alpha value is -3.58. The molecule has 0 fully saturated rings. The van der Waals surface area contributed by atoms with Gasteiger partial charge in [0.2, 0.25) is 0 Å². The molecule has 1 amide bonds. The van der Waals surface area contributed by atoms with Crippen molar-refractivity contribution in [2.24, 2.45) is 0 Å². The summed E-state index contributed by atoms with van der Waals surface area (Å²) in [6.07, 6.45) is 1.39. The number of nitrogens with zero attached hydrogens (tertiary/aromatic N) is 2. The van der Waals surface area contributed by atoms with Crippen molar-refractivity contribution in [1.29, 1.82) is 5.26 Å². The van der Waals surface area contributed by atoms with Crippen molar-refractivity contribution >= 4 is 62.5 Å². The molecule has 0 radical (unpaired) electrons. The Morgan fingerprint density at radius 2 is 1.97 bits per heavy atom. The highest BCUT2D eigenvalue weighted by Gasteiger charge is 2.15. The Bertz CT molecular complexity index is 1370. The largest absolute Gasteiger partial charge is 0.493 e. The number of carbonyl (C=O) groups excluding carboxylic acids is 1.